The van der Waals surface area contributed by atoms with E-state index < -0.39 is 5.97 Å². The number of hydrogen-bond donors (Lipinski definition) is 1. The molecule has 3 atom stereocenters. The Balaban J connectivity index is 1.11. The zero-order valence-corrected chi connectivity index (χ0v) is 22.5. The first kappa shape index (κ1) is 25.6. The Bertz CT molecular complexity index is 1200. The fourth-order valence-corrected chi connectivity index (χ4v) is 7.62. The summed E-state index contributed by atoms with van der Waals surface area (Å²) in [5.41, 5.74) is 3.68. The normalized spacial score (nSPS) is 25.2. The number of carboxylic acid groups (broad SMARTS) is 1. The minimum absolute atomic E-state index is 0.298. The monoisotopic (exact) mass is 514 g/mol. The van der Waals surface area contributed by atoms with E-state index in [0.29, 0.717) is 23.7 Å². The summed E-state index contributed by atoms with van der Waals surface area (Å²) in [6.07, 6.45) is 10.2. The Kier molecular flexibility index (Phi) is 7.80. The van der Waals surface area contributed by atoms with Crippen molar-refractivity contribution in [2.24, 2.45) is 17.8 Å². The van der Waals surface area contributed by atoms with Gasteiger partial charge in [0.1, 0.15) is 6.04 Å². The molecule has 202 valence electrons. The van der Waals surface area contributed by atoms with Crippen molar-refractivity contribution in [1.82, 2.24) is 19.4 Å². The first-order valence-corrected chi connectivity index (χ1v) is 14.8. The minimum atomic E-state index is -0.614. The van der Waals surface area contributed by atoms with Gasteiger partial charge in [0, 0.05) is 32.1 Å². The van der Waals surface area contributed by atoms with E-state index in [0.717, 1.165) is 57.6 Å². The van der Waals surface area contributed by atoms with Gasteiger partial charge in [-0.05, 0) is 74.2 Å². The summed E-state index contributed by atoms with van der Waals surface area (Å²) in [7, 11) is 0. The number of fused-ring (bicyclic) bond motifs is 1. The van der Waals surface area contributed by atoms with Gasteiger partial charge in [-0.25, -0.2) is 4.98 Å². The van der Waals surface area contributed by atoms with Crippen LogP contribution in [0.4, 0.5) is 0 Å². The van der Waals surface area contributed by atoms with Crippen LogP contribution in [0.5, 0.6) is 0 Å². The predicted molar refractivity (Wildman–Crippen MR) is 151 cm³/mol. The first-order valence-electron chi connectivity index (χ1n) is 14.8. The molecule has 1 N–H and O–H groups in total. The zero-order chi connectivity index (χ0) is 25.9. The second-order valence-electron chi connectivity index (χ2n) is 12.0. The smallest absolute Gasteiger partial charge is 0.321 e. The number of para-hydroxylation sites is 2. The van der Waals surface area contributed by atoms with Gasteiger partial charge >= 0.3 is 5.97 Å². The molecule has 1 aromatic heterocycles. The fraction of sp³-hybridized carbons (Fsp3) is 0.562. The molecule has 6 rings (SSSR count). The second kappa shape index (κ2) is 11.6. The third-order valence-corrected chi connectivity index (χ3v) is 9.62. The van der Waals surface area contributed by atoms with E-state index in [1.807, 2.05) is 6.33 Å². The second-order valence-corrected chi connectivity index (χ2v) is 12.0. The molecule has 6 heteroatoms. The molecular formula is C32H42N4O2. The summed E-state index contributed by atoms with van der Waals surface area (Å²) < 4.78 is 2.33. The molecule has 0 radical (unpaired) electrons. The van der Waals surface area contributed by atoms with E-state index in [9.17, 15) is 9.90 Å². The van der Waals surface area contributed by atoms with Crippen molar-refractivity contribution in [3.05, 3.63) is 66.5 Å². The van der Waals surface area contributed by atoms with Gasteiger partial charge in [-0.15, -0.1) is 0 Å². The van der Waals surface area contributed by atoms with Gasteiger partial charge in [0.05, 0.1) is 17.4 Å². The van der Waals surface area contributed by atoms with Gasteiger partial charge in [0.15, 0.2) is 0 Å². The van der Waals surface area contributed by atoms with Gasteiger partial charge in [-0.1, -0.05) is 61.7 Å². The maximum atomic E-state index is 12.5. The molecule has 38 heavy (non-hydrogen) atoms. The lowest BCUT2D eigenvalue weighted by molar-refractivity contribution is -0.145. The molecule has 3 fully saturated rings. The van der Waals surface area contributed by atoms with E-state index in [1.165, 1.54) is 43.2 Å². The highest BCUT2D eigenvalue weighted by molar-refractivity contribution is 5.75. The van der Waals surface area contributed by atoms with Crippen LogP contribution in [-0.2, 0) is 11.3 Å². The zero-order valence-electron chi connectivity index (χ0n) is 22.5. The molecule has 3 aliphatic rings. The number of carbonyl (C=O) groups is 1. The van der Waals surface area contributed by atoms with Crippen LogP contribution >= 0.6 is 0 Å². The van der Waals surface area contributed by atoms with Crippen molar-refractivity contribution in [2.75, 3.05) is 32.7 Å². The molecule has 1 aliphatic carbocycles. The van der Waals surface area contributed by atoms with Crippen molar-refractivity contribution in [3.63, 3.8) is 0 Å². The summed E-state index contributed by atoms with van der Waals surface area (Å²) in [5.74, 6) is 1.23. The van der Waals surface area contributed by atoms with Gasteiger partial charge in [-0.3, -0.25) is 9.69 Å². The molecule has 0 bridgehead atoms. The summed E-state index contributed by atoms with van der Waals surface area (Å²) in [6.45, 7) is 6.12. The molecule has 2 saturated heterocycles. The van der Waals surface area contributed by atoms with Crippen LogP contribution in [0.15, 0.2) is 60.9 Å². The molecule has 2 aliphatic heterocycles. The SMILES string of the molecule is O=C(O)[C@@H](C1CCCCC1)N1C[C@H](CN2CCC(Cn3cnc4ccccc43)CC2)[C@@H](c2ccccc2)C1. The van der Waals surface area contributed by atoms with Crippen molar-refractivity contribution in [2.45, 2.75) is 63.5 Å². The molecule has 0 unspecified atom stereocenters. The highest BCUT2D eigenvalue weighted by Gasteiger charge is 2.43. The molecule has 3 heterocycles. The number of piperidine rings is 1. The molecule has 0 amide bonds. The number of carboxylic acids is 1. The van der Waals surface area contributed by atoms with Crippen LogP contribution in [0.2, 0.25) is 0 Å². The van der Waals surface area contributed by atoms with E-state index in [-0.39, 0.29) is 6.04 Å². The van der Waals surface area contributed by atoms with E-state index in [4.69, 9.17) is 0 Å². The Morgan fingerprint density at radius 3 is 2.39 bits per heavy atom. The lowest BCUT2D eigenvalue weighted by Gasteiger charge is -2.35. The molecule has 1 saturated carbocycles. The molecule has 2 aromatic carbocycles. The summed E-state index contributed by atoms with van der Waals surface area (Å²) >= 11 is 0. The predicted octanol–water partition coefficient (Wildman–Crippen LogP) is 5.50. The average Bonchev–Trinajstić information content (AvgIpc) is 3.55. The van der Waals surface area contributed by atoms with Crippen molar-refractivity contribution in [3.8, 4) is 0 Å². The lowest BCUT2D eigenvalue weighted by atomic mass is 9.83. The number of imidazole rings is 1. The number of aromatic nitrogens is 2. The lowest BCUT2D eigenvalue weighted by Crippen LogP contribution is -2.46. The number of likely N-dealkylation sites (tertiary alicyclic amines) is 2. The van der Waals surface area contributed by atoms with Crippen LogP contribution in [0.3, 0.4) is 0 Å². The van der Waals surface area contributed by atoms with E-state index in [2.05, 4.69) is 73.9 Å². The van der Waals surface area contributed by atoms with E-state index >= 15 is 0 Å². The standard InChI is InChI=1S/C32H42N4O2/c37-32(38)31(26-11-5-2-6-12-26)35-21-27(28(22-35)25-9-3-1-4-10-25)20-34-17-15-24(16-18-34)19-36-23-33-29-13-7-8-14-30(29)36/h1,3-4,7-10,13-14,23-24,26-28,31H,2,5-6,11-12,15-22H2,(H,37,38)/t27-,28+,31+/m0/s1. The fourth-order valence-electron chi connectivity index (χ4n) is 7.62. The first-order chi connectivity index (χ1) is 18.7. The third-order valence-electron chi connectivity index (χ3n) is 9.62. The average molecular weight is 515 g/mol. The highest BCUT2D eigenvalue weighted by atomic mass is 16.4. The van der Waals surface area contributed by atoms with Crippen LogP contribution in [0.1, 0.15) is 56.4 Å². The quantitative estimate of drug-likeness (QED) is 0.430. The molecule has 0 spiro atoms. The minimum Gasteiger partial charge on any atom is -0.480 e. The summed E-state index contributed by atoms with van der Waals surface area (Å²) in [6, 6.07) is 18.9. The van der Waals surface area contributed by atoms with Crippen LogP contribution in [-0.4, -0.2) is 69.2 Å². The van der Waals surface area contributed by atoms with Crippen LogP contribution in [0.25, 0.3) is 11.0 Å². The largest absolute Gasteiger partial charge is 0.480 e. The molecule has 3 aromatic rings. The van der Waals surface area contributed by atoms with Crippen molar-refractivity contribution >= 4 is 17.0 Å². The topological polar surface area (TPSA) is 61.6 Å². The van der Waals surface area contributed by atoms with Crippen molar-refractivity contribution in [1.29, 1.82) is 0 Å². The number of aliphatic carboxylic acids is 1. The van der Waals surface area contributed by atoms with Gasteiger partial charge in [0.2, 0.25) is 0 Å². The summed E-state index contributed by atoms with van der Waals surface area (Å²) in [5, 5.41) is 10.3. The van der Waals surface area contributed by atoms with Crippen molar-refractivity contribution < 1.29 is 9.90 Å². The van der Waals surface area contributed by atoms with Gasteiger partial charge < -0.3 is 14.6 Å². The summed E-state index contributed by atoms with van der Waals surface area (Å²) in [4.78, 5) is 22.1. The Morgan fingerprint density at radius 2 is 1.63 bits per heavy atom. The van der Waals surface area contributed by atoms with Crippen LogP contribution < -0.4 is 0 Å². The molecular weight excluding hydrogens is 472 g/mol. The number of benzene rings is 2. The number of hydrogen-bond acceptors (Lipinski definition) is 4. The maximum Gasteiger partial charge on any atom is 0.321 e. The Hall–Kier alpha value is -2.70. The highest BCUT2D eigenvalue weighted by Crippen LogP contribution is 2.38. The number of rotatable bonds is 8. The Morgan fingerprint density at radius 1 is 0.895 bits per heavy atom. The van der Waals surface area contributed by atoms with Crippen LogP contribution in [0, 0.1) is 17.8 Å². The Labute approximate surface area is 226 Å². The third kappa shape index (κ3) is 5.52. The maximum absolute atomic E-state index is 12.5. The molecule has 6 nitrogen and oxygen atoms in total. The van der Waals surface area contributed by atoms with E-state index in [1.54, 1.807) is 0 Å². The number of nitrogens with zero attached hydrogens (tertiary/aromatic N) is 4. The van der Waals surface area contributed by atoms with Gasteiger partial charge in [-0.2, -0.15) is 0 Å². The van der Waals surface area contributed by atoms with Gasteiger partial charge in [0.25, 0.3) is 0 Å².